The molecule has 2 aromatic rings. The van der Waals surface area contributed by atoms with Gasteiger partial charge in [-0.15, -0.1) is 0 Å². The summed E-state index contributed by atoms with van der Waals surface area (Å²) in [5, 5.41) is 0.628. The van der Waals surface area contributed by atoms with Crippen LogP contribution in [-0.2, 0) is 11.3 Å². The molecule has 0 saturated heterocycles. The van der Waals surface area contributed by atoms with Crippen molar-refractivity contribution in [3.63, 3.8) is 0 Å². The minimum absolute atomic E-state index is 0.193. The highest BCUT2D eigenvalue weighted by Gasteiger charge is 2.16. The Bertz CT molecular complexity index is 710. The van der Waals surface area contributed by atoms with Gasteiger partial charge in [-0.05, 0) is 42.8 Å². The second-order valence-corrected chi connectivity index (χ2v) is 5.11. The molecule has 0 heterocycles. The van der Waals surface area contributed by atoms with Gasteiger partial charge in [0.2, 0.25) is 0 Å². The van der Waals surface area contributed by atoms with Gasteiger partial charge in [0, 0.05) is 10.6 Å². The average Bonchev–Trinajstić information content (AvgIpc) is 2.51. The number of hydrogen-bond acceptors (Lipinski definition) is 4. The molecule has 0 saturated carbocycles. The molecule has 5 heteroatoms. The summed E-state index contributed by atoms with van der Waals surface area (Å²) in [6.45, 7) is 1.70. The lowest BCUT2D eigenvalue weighted by Gasteiger charge is -2.10. The van der Waals surface area contributed by atoms with Crippen molar-refractivity contribution in [2.24, 2.45) is 0 Å². The molecule has 0 bridgehead atoms. The number of carbonyl (C=O) groups is 2. The topological polar surface area (TPSA) is 52.6 Å². The predicted octanol–water partition coefficient (Wildman–Crippen LogP) is 3.91. The van der Waals surface area contributed by atoms with Crippen molar-refractivity contribution in [1.29, 1.82) is 0 Å². The Labute approximate surface area is 133 Å². The number of ketones is 1. The zero-order valence-corrected chi connectivity index (χ0v) is 13.0. The van der Waals surface area contributed by atoms with Crippen LogP contribution in [0.25, 0.3) is 0 Å². The molecule has 2 rings (SSSR count). The van der Waals surface area contributed by atoms with Crippen LogP contribution in [0.5, 0.6) is 5.75 Å². The number of hydrogen-bond donors (Lipinski definition) is 0. The summed E-state index contributed by atoms with van der Waals surface area (Å²) in [6.07, 6.45) is 0. The lowest BCUT2D eigenvalue weighted by atomic mass is 10.0. The van der Waals surface area contributed by atoms with E-state index in [0.29, 0.717) is 22.9 Å². The molecule has 0 N–H and O–H groups in total. The Morgan fingerprint density at radius 1 is 1.09 bits per heavy atom. The van der Waals surface area contributed by atoms with Gasteiger partial charge in [-0.3, -0.25) is 4.79 Å². The lowest BCUT2D eigenvalue weighted by molar-refractivity contribution is 0.0596. The number of methoxy groups -OCH3 is 1. The van der Waals surface area contributed by atoms with Gasteiger partial charge in [0.1, 0.15) is 12.4 Å². The van der Waals surface area contributed by atoms with E-state index in [2.05, 4.69) is 0 Å². The van der Waals surface area contributed by atoms with E-state index in [1.807, 2.05) is 12.1 Å². The predicted molar refractivity (Wildman–Crippen MR) is 83.6 cm³/mol. The van der Waals surface area contributed by atoms with Crippen LogP contribution in [0.4, 0.5) is 0 Å². The molecule has 0 aliphatic rings. The Morgan fingerprint density at radius 2 is 1.86 bits per heavy atom. The van der Waals surface area contributed by atoms with E-state index in [1.54, 1.807) is 24.3 Å². The minimum atomic E-state index is -0.571. The van der Waals surface area contributed by atoms with Crippen LogP contribution in [0.15, 0.2) is 42.5 Å². The molecule has 0 radical (unpaired) electrons. The van der Waals surface area contributed by atoms with E-state index in [9.17, 15) is 9.59 Å². The fraction of sp³-hybridized carbons (Fsp3) is 0.176. The second kappa shape index (κ2) is 7.09. The molecule has 0 atom stereocenters. The van der Waals surface area contributed by atoms with Crippen molar-refractivity contribution >= 4 is 23.4 Å². The monoisotopic (exact) mass is 318 g/mol. The number of halogens is 1. The third kappa shape index (κ3) is 3.86. The van der Waals surface area contributed by atoms with Gasteiger partial charge in [0.05, 0.1) is 12.7 Å². The summed E-state index contributed by atoms with van der Waals surface area (Å²) in [5.74, 6) is -0.300. The lowest BCUT2D eigenvalue weighted by Crippen LogP contribution is -2.09. The molecule has 0 spiro atoms. The second-order valence-electron chi connectivity index (χ2n) is 4.67. The number of esters is 1. The maximum Gasteiger partial charge on any atom is 0.338 e. The molecular formula is C17H15ClO4. The highest BCUT2D eigenvalue weighted by molar-refractivity contribution is 6.30. The van der Waals surface area contributed by atoms with E-state index in [0.717, 1.165) is 5.56 Å². The SMILES string of the molecule is COC(=O)c1cc(OCc2cccc(Cl)c2)ccc1C(C)=O. The van der Waals surface area contributed by atoms with E-state index in [1.165, 1.54) is 20.1 Å². The van der Waals surface area contributed by atoms with Gasteiger partial charge in [0.25, 0.3) is 0 Å². The average molecular weight is 319 g/mol. The summed E-state index contributed by atoms with van der Waals surface area (Å²) in [7, 11) is 1.27. The van der Waals surface area contributed by atoms with Gasteiger partial charge in [-0.1, -0.05) is 23.7 Å². The summed E-state index contributed by atoms with van der Waals surface area (Å²) in [5.41, 5.74) is 1.41. The molecule has 0 unspecified atom stereocenters. The number of rotatable bonds is 5. The van der Waals surface area contributed by atoms with Gasteiger partial charge >= 0.3 is 5.97 Å². The quantitative estimate of drug-likeness (QED) is 0.619. The number of Topliss-reactive ketones (excluding diaryl/α,β-unsaturated/α-hetero) is 1. The maximum atomic E-state index is 11.8. The molecule has 0 aromatic heterocycles. The summed E-state index contributed by atoms with van der Waals surface area (Å²) >= 11 is 5.91. The first-order chi connectivity index (χ1) is 10.5. The van der Waals surface area contributed by atoms with Crippen LogP contribution < -0.4 is 4.74 Å². The number of carbonyl (C=O) groups excluding carboxylic acids is 2. The molecule has 2 aromatic carbocycles. The Balaban J connectivity index is 2.21. The zero-order chi connectivity index (χ0) is 16.1. The molecule has 0 amide bonds. The highest BCUT2D eigenvalue weighted by atomic mass is 35.5. The standard InChI is InChI=1S/C17H15ClO4/c1-11(19)15-7-6-14(9-16(15)17(20)21-2)22-10-12-4-3-5-13(18)8-12/h3-9H,10H2,1-2H3. The number of benzene rings is 2. The Kier molecular flexibility index (Phi) is 5.17. The minimum Gasteiger partial charge on any atom is -0.489 e. The molecule has 114 valence electrons. The van der Waals surface area contributed by atoms with Crippen molar-refractivity contribution in [3.05, 3.63) is 64.2 Å². The van der Waals surface area contributed by atoms with Crippen LogP contribution >= 0.6 is 11.6 Å². The third-order valence-electron chi connectivity index (χ3n) is 3.07. The first-order valence-electron chi connectivity index (χ1n) is 6.62. The van der Waals surface area contributed by atoms with Crippen LogP contribution in [0.3, 0.4) is 0 Å². The van der Waals surface area contributed by atoms with E-state index in [-0.39, 0.29) is 11.3 Å². The fourth-order valence-corrected chi connectivity index (χ4v) is 2.21. The van der Waals surface area contributed by atoms with E-state index < -0.39 is 5.97 Å². The zero-order valence-electron chi connectivity index (χ0n) is 12.3. The van der Waals surface area contributed by atoms with Crippen molar-refractivity contribution in [2.45, 2.75) is 13.5 Å². The van der Waals surface area contributed by atoms with Crippen molar-refractivity contribution in [3.8, 4) is 5.75 Å². The van der Waals surface area contributed by atoms with E-state index in [4.69, 9.17) is 21.1 Å². The Morgan fingerprint density at radius 3 is 2.50 bits per heavy atom. The highest BCUT2D eigenvalue weighted by Crippen LogP contribution is 2.21. The molecule has 0 fully saturated rings. The van der Waals surface area contributed by atoms with Crippen LogP contribution in [0.1, 0.15) is 33.2 Å². The smallest absolute Gasteiger partial charge is 0.338 e. The summed E-state index contributed by atoms with van der Waals surface area (Å²) in [4.78, 5) is 23.3. The van der Waals surface area contributed by atoms with Gasteiger partial charge in [-0.25, -0.2) is 4.79 Å². The van der Waals surface area contributed by atoms with Crippen LogP contribution in [-0.4, -0.2) is 18.9 Å². The van der Waals surface area contributed by atoms with Crippen molar-refractivity contribution in [2.75, 3.05) is 7.11 Å². The maximum absolute atomic E-state index is 11.8. The third-order valence-corrected chi connectivity index (χ3v) is 3.31. The summed E-state index contributed by atoms with van der Waals surface area (Å²) in [6, 6.07) is 12.0. The molecule has 0 aliphatic carbocycles. The summed E-state index contributed by atoms with van der Waals surface area (Å²) < 4.78 is 10.3. The molecule has 0 aliphatic heterocycles. The van der Waals surface area contributed by atoms with Crippen molar-refractivity contribution in [1.82, 2.24) is 0 Å². The molecule has 4 nitrogen and oxygen atoms in total. The van der Waals surface area contributed by atoms with Gasteiger partial charge in [-0.2, -0.15) is 0 Å². The Hall–Kier alpha value is -2.33. The first kappa shape index (κ1) is 16.0. The van der Waals surface area contributed by atoms with Crippen LogP contribution in [0, 0.1) is 0 Å². The number of ether oxygens (including phenoxy) is 2. The largest absolute Gasteiger partial charge is 0.489 e. The normalized spacial score (nSPS) is 10.1. The first-order valence-corrected chi connectivity index (χ1v) is 6.99. The van der Waals surface area contributed by atoms with Gasteiger partial charge < -0.3 is 9.47 Å². The van der Waals surface area contributed by atoms with Gasteiger partial charge in [0.15, 0.2) is 5.78 Å². The molecule has 22 heavy (non-hydrogen) atoms. The fourth-order valence-electron chi connectivity index (χ4n) is 1.99. The van der Waals surface area contributed by atoms with Crippen molar-refractivity contribution < 1.29 is 19.1 Å². The van der Waals surface area contributed by atoms with E-state index >= 15 is 0 Å². The molecular weight excluding hydrogens is 304 g/mol. The van der Waals surface area contributed by atoms with Crippen LogP contribution in [0.2, 0.25) is 5.02 Å².